The van der Waals surface area contributed by atoms with Crippen LogP contribution in [0, 0.1) is 0 Å². The number of nitrogens with zero attached hydrogens (tertiary/aromatic N) is 3. The Morgan fingerprint density at radius 1 is 1.21 bits per heavy atom. The lowest BCUT2D eigenvalue weighted by Crippen LogP contribution is -1.88. The molecule has 5 nitrogen and oxygen atoms in total. The summed E-state index contributed by atoms with van der Waals surface area (Å²) in [5, 5.41) is 6.68. The van der Waals surface area contributed by atoms with E-state index >= 15 is 0 Å². The van der Waals surface area contributed by atoms with E-state index in [9.17, 15) is 0 Å². The molecule has 0 radical (unpaired) electrons. The quantitative estimate of drug-likeness (QED) is 0.601. The van der Waals surface area contributed by atoms with Gasteiger partial charge in [-0.2, -0.15) is 5.10 Å². The summed E-state index contributed by atoms with van der Waals surface area (Å²) in [4.78, 5) is 11.6. The van der Waals surface area contributed by atoms with Gasteiger partial charge in [0.25, 0.3) is 0 Å². The predicted octanol–water partition coefficient (Wildman–Crippen LogP) is 1.35. The van der Waals surface area contributed by atoms with Crippen molar-refractivity contribution in [3.8, 4) is 11.5 Å². The van der Waals surface area contributed by atoms with Gasteiger partial charge in [-0.1, -0.05) is 0 Å². The molecule has 0 saturated heterocycles. The molecule has 0 bridgehead atoms. The maximum atomic E-state index is 4.36. The van der Waals surface area contributed by atoms with Crippen LogP contribution in [0.1, 0.15) is 0 Å². The normalized spacial score (nSPS) is 10.9. The molecule has 0 spiro atoms. The van der Waals surface area contributed by atoms with Gasteiger partial charge in [0.1, 0.15) is 5.69 Å². The molecule has 3 heterocycles. The van der Waals surface area contributed by atoms with Crippen LogP contribution in [0.3, 0.4) is 0 Å². The molecule has 0 aliphatic carbocycles. The van der Waals surface area contributed by atoms with Crippen molar-refractivity contribution in [1.82, 2.24) is 25.1 Å². The van der Waals surface area contributed by atoms with Crippen LogP contribution >= 0.6 is 0 Å². The van der Waals surface area contributed by atoms with Crippen molar-refractivity contribution in [1.29, 1.82) is 0 Å². The first-order valence-electron chi connectivity index (χ1n) is 4.23. The predicted molar refractivity (Wildman–Crippen MR) is 51.5 cm³/mol. The van der Waals surface area contributed by atoms with Gasteiger partial charge in [-0.3, -0.25) is 5.10 Å². The second-order valence-corrected chi connectivity index (χ2v) is 2.94. The minimum atomic E-state index is 0.662. The smallest absolute Gasteiger partial charge is 0.178 e. The Morgan fingerprint density at radius 2 is 2.21 bits per heavy atom. The van der Waals surface area contributed by atoms with Gasteiger partial charge in [-0.05, 0) is 12.1 Å². The van der Waals surface area contributed by atoms with E-state index in [-0.39, 0.29) is 0 Å². The van der Waals surface area contributed by atoms with E-state index in [1.165, 1.54) is 0 Å². The van der Waals surface area contributed by atoms with Gasteiger partial charge in [0.15, 0.2) is 5.82 Å². The zero-order valence-corrected chi connectivity index (χ0v) is 7.23. The van der Waals surface area contributed by atoms with E-state index < -0.39 is 0 Å². The number of hydrogen-bond donors (Lipinski definition) is 2. The van der Waals surface area contributed by atoms with Crippen molar-refractivity contribution in [3.63, 3.8) is 0 Å². The molecule has 0 aliphatic rings. The summed E-state index contributed by atoms with van der Waals surface area (Å²) in [6, 6.07) is 3.75. The lowest BCUT2D eigenvalue weighted by atomic mass is 10.4. The second-order valence-electron chi connectivity index (χ2n) is 2.94. The van der Waals surface area contributed by atoms with Crippen LogP contribution in [0.2, 0.25) is 0 Å². The molecule has 68 valence electrons. The summed E-state index contributed by atoms with van der Waals surface area (Å²) in [6.45, 7) is 0. The number of aromatic nitrogens is 5. The van der Waals surface area contributed by atoms with Crippen LogP contribution in [0.25, 0.3) is 22.6 Å². The summed E-state index contributed by atoms with van der Waals surface area (Å²) in [5.41, 5.74) is 2.67. The van der Waals surface area contributed by atoms with Crippen LogP contribution in [-0.2, 0) is 0 Å². The van der Waals surface area contributed by atoms with E-state index in [1.54, 1.807) is 12.4 Å². The standard InChI is InChI=1S/C9H7N5/c1-3-10-8-5-11-9(13-6(1)8)7-2-4-12-14-7/h1-5,10H,(H,12,14). The molecule has 0 aliphatic heterocycles. The molecule has 0 fully saturated rings. The Hall–Kier alpha value is -2.17. The van der Waals surface area contributed by atoms with E-state index in [1.807, 2.05) is 18.3 Å². The molecular weight excluding hydrogens is 178 g/mol. The highest BCUT2D eigenvalue weighted by atomic mass is 15.1. The Labute approximate surface area is 79.2 Å². The van der Waals surface area contributed by atoms with Crippen molar-refractivity contribution in [2.45, 2.75) is 0 Å². The third-order valence-corrected chi connectivity index (χ3v) is 2.04. The molecule has 3 rings (SSSR count). The molecule has 0 amide bonds. The Balaban J connectivity index is 2.23. The number of rotatable bonds is 1. The molecule has 3 aromatic heterocycles. The van der Waals surface area contributed by atoms with Gasteiger partial charge >= 0.3 is 0 Å². The topological polar surface area (TPSA) is 70.2 Å². The van der Waals surface area contributed by atoms with Crippen LogP contribution in [0.4, 0.5) is 0 Å². The summed E-state index contributed by atoms with van der Waals surface area (Å²) in [5.74, 6) is 0.662. The number of H-pyrrole nitrogens is 2. The maximum absolute atomic E-state index is 4.36. The second kappa shape index (κ2) is 2.66. The van der Waals surface area contributed by atoms with Gasteiger partial charge in [-0.25, -0.2) is 9.97 Å². The van der Waals surface area contributed by atoms with E-state index in [4.69, 9.17) is 0 Å². The Kier molecular flexibility index (Phi) is 1.38. The zero-order chi connectivity index (χ0) is 9.38. The summed E-state index contributed by atoms with van der Waals surface area (Å²) in [7, 11) is 0. The number of fused-ring (bicyclic) bond motifs is 1. The molecule has 0 unspecified atom stereocenters. The number of aromatic amines is 2. The summed E-state index contributed by atoms with van der Waals surface area (Å²) < 4.78 is 0. The summed E-state index contributed by atoms with van der Waals surface area (Å²) in [6.07, 6.45) is 5.29. The minimum Gasteiger partial charge on any atom is -0.359 e. The van der Waals surface area contributed by atoms with Gasteiger partial charge in [0, 0.05) is 12.4 Å². The Morgan fingerprint density at radius 3 is 3.07 bits per heavy atom. The average molecular weight is 185 g/mol. The highest BCUT2D eigenvalue weighted by Crippen LogP contribution is 2.14. The van der Waals surface area contributed by atoms with Gasteiger partial charge in [0.05, 0.1) is 17.2 Å². The highest BCUT2D eigenvalue weighted by Gasteiger charge is 2.03. The third-order valence-electron chi connectivity index (χ3n) is 2.04. The van der Waals surface area contributed by atoms with Crippen LogP contribution in [-0.4, -0.2) is 25.1 Å². The molecule has 0 atom stereocenters. The summed E-state index contributed by atoms with van der Waals surface area (Å²) >= 11 is 0. The molecule has 0 aromatic carbocycles. The first-order valence-corrected chi connectivity index (χ1v) is 4.23. The average Bonchev–Trinajstić information content (AvgIpc) is 2.88. The fourth-order valence-electron chi connectivity index (χ4n) is 1.35. The zero-order valence-electron chi connectivity index (χ0n) is 7.23. The van der Waals surface area contributed by atoms with Crippen molar-refractivity contribution < 1.29 is 0 Å². The minimum absolute atomic E-state index is 0.662. The van der Waals surface area contributed by atoms with Gasteiger partial charge in [0.2, 0.25) is 0 Å². The van der Waals surface area contributed by atoms with Crippen molar-refractivity contribution >= 4 is 11.0 Å². The molecule has 2 N–H and O–H groups in total. The third kappa shape index (κ3) is 0.990. The largest absolute Gasteiger partial charge is 0.359 e. The molecule has 0 saturated carbocycles. The number of nitrogens with one attached hydrogen (secondary N) is 2. The highest BCUT2D eigenvalue weighted by molar-refractivity contribution is 5.75. The van der Waals surface area contributed by atoms with Gasteiger partial charge in [-0.15, -0.1) is 0 Å². The molecular formula is C9H7N5. The van der Waals surface area contributed by atoms with Gasteiger partial charge < -0.3 is 4.98 Å². The molecule has 3 aromatic rings. The van der Waals surface area contributed by atoms with Crippen LogP contribution in [0.15, 0.2) is 30.7 Å². The van der Waals surface area contributed by atoms with E-state index in [0.29, 0.717) is 5.82 Å². The fraction of sp³-hybridized carbons (Fsp3) is 0. The van der Waals surface area contributed by atoms with Crippen molar-refractivity contribution in [2.75, 3.05) is 0 Å². The van der Waals surface area contributed by atoms with Crippen LogP contribution < -0.4 is 0 Å². The van der Waals surface area contributed by atoms with E-state index in [2.05, 4.69) is 25.1 Å². The fourth-order valence-corrected chi connectivity index (χ4v) is 1.35. The first-order chi connectivity index (χ1) is 6.93. The number of hydrogen-bond acceptors (Lipinski definition) is 3. The lowest BCUT2D eigenvalue weighted by molar-refractivity contribution is 1.07. The van der Waals surface area contributed by atoms with Crippen molar-refractivity contribution in [2.24, 2.45) is 0 Å². The lowest BCUT2D eigenvalue weighted by Gasteiger charge is -1.94. The van der Waals surface area contributed by atoms with E-state index in [0.717, 1.165) is 16.7 Å². The molecule has 5 heteroatoms. The SMILES string of the molecule is c1cc(-c2ncc3[nH]ccc3n2)[nH]n1. The maximum Gasteiger partial charge on any atom is 0.178 e. The molecule has 14 heavy (non-hydrogen) atoms. The van der Waals surface area contributed by atoms with Crippen molar-refractivity contribution in [3.05, 3.63) is 30.7 Å². The first kappa shape index (κ1) is 7.25. The van der Waals surface area contributed by atoms with Crippen LogP contribution in [0.5, 0.6) is 0 Å². The Bertz CT molecular complexity index is 551. The monoisotopic (exact) mass is 185 g/mol.